The predicted molar refractivity (Wildman–Crippen MR) is 111 cm³/mol. The Hall–Kier alpha value is -3.26. The zero-order chi connectivity index (χ0) is 20.8. The van der Waals surface area contributed by atoms with Crippen molar-refractivity contribution in [1.82, 2.24) is 10.2 Å². The molecule has 0 saturated carbocycles. The molecule has 1 saturated heterocycles. The van der Waals surface area contributed by atoms with Crippen LogP contribution in [-0.2, 0) is 9.53 Å². The van der Waals surface area contributed by atoms with Gasteiger partial charge in [-0.25, -0.2) is 4.79 Å². The molecular formula is C22H25N3O5. The van der Waals surface area contributed by atoms with E-state index >= 15 is 0 Å². The summed E-state index contributed by atoms with van der Waals surface area (Å²) in [4.78, 5) is 26.7. The maximum absolute atomic E-state index is 12.6. The van der Waals surface area contributed by atoms with Gasteiger partial charge in [0.15, 0.2) is 6.61 Å². The first kappa shape index (κ1) is 20.0. The predicted octanol–water partition coefficient (Wildman–Crippen LogP) is 2.57. The number of ether oxygens (including phenoxy) is 3. The molecule has 158 valence electrons. The molecule has 2 aliphatic heterocycles. The highest BCUT2D eigenvalue weighted by molar-refractivity contribution is 5.91. The van der Waals surface area contributed by atoms with Gasteiger partial charge in [-0.05, 0) is 18.2 Å². The second-order valence-electron chi connectivity index (χ2n) is 7.10. The van der Waals surface area contributed by atoms with Crippen LogP contribution in [0.1, 0.15) is 18.0 Å². The fourth-order valence-corrected chi connectivity index (χ4v) is 3.55. The van der Waals surface area contributed by atoms with Crippen LogP contribution in [0.5, 0.6) is 11.5 Å². The van der Waals surface area contributed by atoms with Crippen molar-refractivity contribution in [1.29, 1.82) is 0 Å². The van der Waals surface area contributed by atoms with E-state index in [0.717, 1.165) is 11.3 Å². The number of nitrogens with zero attached hydrogens (tertiary/aromatic N) is 1. The SMILES string of the molecule is O=C(Nc1ccccc1OCC(=O)N1CCOCC1)NC1CCOc2ccccc21. The largest absolute Gasteiger partial charge is 0.493 e. The van der Waals surface area contributed by atoms with E-state index in [2.05, 4.69) is 10.6 Å². The minimum absolute atomic E-state index is 0.0896. The van der Waals surface area contributed by atoms with Gasteiger partial charge in [0.1, 0.15) is 11.5 Å². The number of carbonyl (C=O) groups is 2. The topological polar surface area (TPSA) is 89.1 Å². The second-order valence-corrected chi connectivity index (χ2v) is 7.10. The molecule has 8 nitrogen and oxygen atoms in total. The molecule has 0 radical (unpaired) electrons. The Bertz CT molecular complexity index is 898. The molecule has 1 atom stereocenters. The summed E-state index contributed by atoms with van der Waals surface area (Å²) in [6.45, 7) is 2.67. The Labute approximate surface area is 175 Å². The van der Waals surface area contributed by atoms with Crippen molar-refractivity contribution < 1.29 is 23.8 Å². The molecule has 8 heteroatoms. The lowest BCUT2D eigenvalue weighted by atomic mass is 10.0. The van der Waals surface area contributed by atoms with Gasteiger partial charge in [-0.3, -0.25) is 4.79 Å². The van der Waals surface area contributed by atoms with Gasteiger partial charge >= 0.3 is 6.03 Å². The Kier molecular flexibility index (Phi) is 6.34. The molecule has 0 spiro atoms. The van der Waals surface area contributed by atoms with E-state index in [0.29, 0.717) is 50.8 Å². The first-order chi connectivity index (χ1) is 14.7. The Morgan fingerprint density at radius 3 is 2.67 bits per heavy atom. The Balaban J connectivity index is 1.36. The van der Waals surface area contributed by atoms with Crippen LogP contribution < -0.4 is 20.1 Å². The first-order valence-corrected chi connectivity index (χ1v) is 10.1. The summed E-state index contributed by atoms with van der Waals surface area (Å²) in [7, 11) is 0. The minimum atomic E-state index is -0.341. The third-order valence-corrected chi connectivity index (χ3v) is 5.11. The van der Waals surface area contributed by atoms with Crippen LogP contribution in [0.15, 0.2) is 48.5 Å². The average molecular weight is 411 g/mol. The molecule has 30 heavy (non-hydrogen) atoms. The number of benzene rings is 2. The number of hydrogen-bond donors (Lipinski definition) is 2. The fraction of sp³-hybridized carbons (Fsp3) is 0.364. The van der Waals surface area contributed by atoms with Crippen molar-refractivity contribution in [3.05, 3.63) is 54.1 Å². The molecule has 3 amide bonds. The van der Waals surface area contributed by atoms with E-state index in [-0.39, 0.29) is 24.6 Å². The lowest BCUT2D eigenvalue weighted by Crippen LogP contribution is -2.43. The van der Waals surface area contributed by atoms with Crippen molar-refractivity contribution in [2.45, 2.75) is 12.5 Å². The monoisotopic (exact) mass is 411 g/mol. The standard InChI is InChI=1S/C22H25N3O5/c26-21(25-10-13-28-14-11-25)15-30-20-8-4-2-6-18(20)24-22(27)23-17-9-12-29-19-7-3-1-5-16(17)19/h1-8,17H,9-15H2,(H2,23,24,27). The van der Waals surface area contributed by atoms with Gasteiger partial charge in [-0.1, -0.05) is 30.3 Å². The number of urea groups is 1. The molecule has 1 fully saturated rings. The average Bonchev–Trinajstić information content (AvgIpc) is 2.79. The summed E-state index contributed by atoms with van der Waals surface area (Å²) in [5.41, 5.74) is 1.46. The molecular weight excluding hydrogens is 386 g/mol. The van der Waals surface area contributed by atoms with E-state index in [1.807, 2.05) is 24.3 Å². The number of carbonyl (C=O) groups excluding carboxylic acids is 2. The summed E-state index contributed by atoms with van der Waals surface area (Å²) in [6, 6.07) is 14.3. The zero-order valence-corrected chi connectivity index (χ0v) is 16.6. The lowest BCUT2D eigenvalue weighted by Gasteiger charge is -2.27. The van der Waals surface area contributed by atoms with Crippen LogP contribution >= 0.6 is 0 Å². The fourth-order valence-electron chi connectivity index (χ4n) is 3.55. The van der Waals surface area contributed by atoms with E-state index in [1.165, 1.54) is 0 Å². The molecule has 0 bridgehead atoms. The number of amides is 3. The van der Waals surface area contributed by atoms with Crippen LogP contribution in [0, 0.1) is 0 Å². The number of fused-ring (bicyclic) bond motifs is 1. The summed E-state index contributed by atoms with van der Waals surface area (Å²) in [5, 5.41) is 5.82. The number of anilines is 1. The summed E-state index contributed by atoms with van der Waals surface area (Å²) in [5.74, 6) is 1.14. The van der Waals surface area contributed by atoms with Gasteiger partial charge in [-0.2, -0.15) is 0 Å². The van der Waals surface area contributed by atoms with E-state index in [1.54, 1.807) is 29.2 Å². The van der Waals surface area contributed by atoms with Gasteiger partial charge in [0.05, 0.1) is 31.5 Å². The van der Waals surface area contributed by atoms with Gasteiger partial charge in [0, 0.05) is 25.1 Å². The summed E-state index contributed by atoms with van der Waals surface area (Å²) >= 11 is 0. The number of nitrogens with one attached hydrogen (secondary N) is 2. The Morgan fingerprint density at radius 2 is 1.80 bits per heavy atom. The van der Waals surface area contributed by atoms with Crippen molar-refractivity contribution >= 4 is 17.6 Å². The summed E-state index contributed by atoms with van der Waals surface area (Å²) < 4.78 is 16.6. The highest BCUT2D eigenvalue weighted by atomic mass is 16.5. The smallest absolute Gasteiger partial charge is 0.319 e. The first-order valence-electron chi connectivity index (χ1n) is 10.1. The van der Waals surface area contributed by atoms with Gasteiger partial charge in [-0.15, -0.1) is 0 Å². The number of para-hydroxylation sites is 3. The van der Waals surface area contributed by atoms with Crippen LogP contribution in [0.3, 0.4) is 0 Å². The quantitative estimate of drug-likeness (QED) is 0.790. The molecule has 2 aliphatic rings. The zero-order valence-electron chi connectivity index (χ0n) is 16.6. The molecule has 2 aromatic carbocycles. The second kappa shape index (κ2) is 9.49. The van der Waals surface area contributed by atoms with Crippen molar-refractivity contribution in [2.75, 3.05) is 44.8 Å². The van der Waals surface area contributed by atoms with E-state index in [9.17, 15) is 9.59 Å². The van der Waals surface area contributed by atoms with E-state index in [4.69, 9.17) is 14.2 Å². The van der Waals surface area contributed by atoms with Crippen LogP contribution in [0.2, 0.25) is 0 Å². The molecule has 4 rings (SSSR count). The number of rotatable bonds is 5. The number of morpholine rings is 1. The summed E-state index contributed by atoms with van der Waals surface area (Å²) in [6.07, 6.45) is 0.691. The van der Waals surface area contributed by atoms with Crippen LogP contribution in [-0.4, -0.2) is 56.4 Å². The molecule has 2 heterocycles. The molecule has 1 unspecified atom stereocenters. The van der Waals surface area contributed by atoms with Gasteiger partial charge < -0.3 is 29.7 Å². The molecule has 2 N–H and O–H groups in total. The highest BCUT2D eigenvalue weighted by Gasteiger charge is 2.23. The minimum Gasteiger partial charge on any atom is -0.493 e. The van der Waals surface area contributed by atoms with Crippen molar-refractivity contribution in [2.24, 2.45) is 0 Å². The van der Waals surface area contributed by atoms with Crippen molar-refractivity contribution in [3.63, 3.8) is 0 Å². The molecule has 0 aliphatic carbocycles. The number of hydrogen-bond acceptors (Lipinski definition) is 5. The third-order valence-electron chi connectivity index (χ3n) is 5.11. The van der Waals surface area contributed by atoms with Crippen LogP contribution in [0.4, 0.5) is 10.5 Å². The Morgan fingerprint density at radius 1 is 1.03 bits per heavy atom. The van der Waals surface area contributed by atoms with Gasteiger partial charge in [0.25, 0.3) is 5.91 Å². The lowest BCUT2D eigenvalue weighted by molar-refractivity contribution is -0.137. The molecule has 0 aromatic heterocycles. The maximum atomic E-state index is 12.6. The third kappa shape index (κ3) is 4.83. The van der Waals surface area contributed by atoms with Gasteiger partial charge in [0.2, 0.25) is 0 Å². The normalized spacial score (nSPS) is 18.0. The van der Waals surface area contributed by atoms with Crippen LogP contribution in [0.25, 0.3) is 0 Å². The van der Waals surface area contributed by atoms with Crippen molar-refractivity contribution in [3.8, 4) is 11.5 Å². The highest BCUT2D eigenvalue weighted by Crippen LogP contribution is 2.31. The van der Waals surface area contributed by atoms with E-state index < -0.39 is 0 Å². The molecule has 2 aromatic rings. The maximum Gasteiger partial charge on any atom is 0.319 e.